The van der Waals surface area contributed by atoms with E-state index in [9.17, 15) is 18.0 Å². The number of carbonyl (C=O) groups excluding carboxylic acids is 1. The van der Waals surface area contributed by atoms with Gasteiger partial charge in [0, 0.05) is 0 Å². The second-order valence-electron chi connectivity index (χ2n) is 4.53. The largest absolute Gasteiger partial charge is 0.484 e. The van der Waals surface area contributed by atoms with Gasteiger partial charge >= 0.3 is 6.18 Å². The van der Waals surface area contributed by atoms with E-state index in [1.165, 1.54) is 0 Å². The zero-order valence-corrected chi connectivity index (χ0v) is 11.6. The first-order valence-corrected chi connectivity index (χ1v) is 6.38. The molecule has 0 aromatic heterocycles. The molecular weight excluding hydrogens is 297 g/mol. The predicted molar refractivity (Wildman–Crippen MR) is 76.7 cm³/mol. The summed E-state index contributed by atoms with van der Waals surface area (Å²) in [5, 5.41) is 4.92. The molecule has 0 aliphatic heterocycles. The van der Waals surface area contributed by atoms with Gasteiger partial charge in [0.1, 0.15) is 11.5 Å². The predicted octanol–water partition coefficient (Wildman–Crippen LogP) is 3.27. The molecule has 22 heavy (non-hydrogen) atoms. The standard InChI is InChI=1S/C15H13F3N2O2/c1-10(15(16,17)18)19-20-14(21)9-22-13-7-6-11-4-2-3-5-12(11)8-13/h2-8H,9H2,1H3,(H,20,21)/b19-10+. The molecule has 0 aliphatic rings. The van der Waals surface area contributed by atoms with Crippen molar-refractivity contribution in [1.82, 2.24) is 5.43 Å². The first kappa shape index (κ1) is 15.8. The van der Waals surface area contributed by atoms with E-state index in [0.717, 1.165) is 17.7 Å². The highest BCUT2D eigenvalue weighted by atomic mass is 19.4. The van der Waals surface area contributed by atoms with Crippen molar-refractivity contribution in [3.8, 4) is 5.75 Å². The van der Waals surface area contributed by atoms with Crippen LogP contribution in [0.2, 0.25) is 0 Å². The Morgan fingerprint density at radius 2 is 1.86 bits per heavy atom. The van der Waals surface area contributed by atoms with E-state index >= 15 is 0 Å². The number of nitrogens with one attached hydrogen (secondary N) is 1. The maximum atomic E-state index is 12.2. The van der Waals surface area contributed by atoms with Gasteiger partial charge in [-0.25, -0.2) is 5.43 Å². The van der Waals surface area contributed by atoms with Crippen LogP contribution in [0.25, 0.3) is 10.8 Å². The number of hydrogen-bond acceptors (Lipinski definition) is 3. The van der Waals surface area contributed by atoms with Crippen LogP contribution in [-0.4, -0.2) is 24.4 Å². The lowest BCUT2D eigenvalue weighted by molar-refractivity contribution is -0.123. The molecule has 0 atom stereocenters. The Morgan fingerprint density at radius 3 is 2.55 bits per heavy atom. The average molecular weight is 310 g/mol. The number of ether oxygens (including phenoxy) is 1. The third-order valence-corrected chi connectivity index (χ3v) is 2.85. The molecule has 116 valence electrons. The summed E-state index contributed by atoms with van der Waals surface area (Å²) in [6.45, 7) is 0.345. The fourth-order valence-electron chi connectivity index (χ4n) is 1.65. The van der Waals surface area contributed by atoms with Crippen LogP contribution in [0.1, 0.15) is 6.92 Å². The van der Waals surface area contributed by atoms with Crippen LogP contribution in [-0.2, 0) is 4.79 Å². The molecule has 4 nitrogen and oxygen atoms in total. The molecule has 2 aromatic carbocycles. The number of halogens is 3. The van der Waals surface area contributed by atoms with Gasteiger partial charge in [0.05, 0.1) is 0 Å². The molecule has 0 fully saturated rings. The molecular formula is C15H13F3N2O2. The van der Waals surface area contributed by atoms with Crippen LogP contribution >= 0.6 is 0 Å². The summed E-state index contributed by atoms with van der Waals surface area (Å²) in [4.78, 5) is 11.4. The fourth-order valence-corrected chi connectivity index (χ4v) is 1.65. The van der Waals surface area contributed by atoms with Crippen molar-refractivity contribution in [2.75, 3.05) is 6.61 Å². The van der Waals surface area contributed by atoms with Crippen LogP contribution in [0.5, 0.6) is 5.75 Å². The number of hydrogen-bond donors (Lipinski definition) is 1. The lowest BCUT2D eigenvalue weighted by Gasteiger charge is -2.08. The molecule has 0 aliphatic carbocycles. The van der Waals surface area contributed by atoms with Gasteiger partial charge in [0.15, 0.2) is 6.61 Å². The summed E-state index contributed by atoms with van der Waals surface area (Å²) >= 11 is 0. The van der Waals surface area contributed by atoms with Crippen molar-refractivity contribution < 1.29 is 22.7 Å². The van der Waals surface area contributed by atoms with Gasteiger partial charge in [-0.3, -0.25) is 4.79 Å². The highest BCUT2D eigenvalue weighted by molar-refractivity contribution is 5.89. The van der Waals surface area contributed by atoms with Gasteiger partial charge < -0.3 is 4.74 Å². The van der Waals surface area contributed by atoms with Crippen molar-refractivity contribution in [3.63, 3.8) is 0 Å². The van der Waals surface area contributed by atoms with Gasteiger partial charge in [-0.05, 0) is 29.8 Å². The highest BCUT2D eigenvalue weighted by Crippen LogP contribution is 2.20. The molecule has 0 unspecified atom stereocenters. The van der Waals surface area contributed by atoms with Crippen molar-refractivity contribution in [1.29, 1.82) is 0 Å². The van der Waals surface area contributed by atoms with E-state index in [4.69, 9.17) is 4.74 Å². The highest BCUT2D eigenvalue weighted by Gasteiger charge is 2.32. The van der Waals surface area contributed by atoms with Gasteiger partial charge in [0.25, 0.3) is 5.91 Å². The van der Waals surface area contributed by atoms with E-state index < -0.39 is 24.4 Å². The molecule has 0 saturated carbocycles. The third kappa shape index (κ3) is 4.21. The number of rotatable bonds is 4. The molecule has 0 saturated heterocycles. The maximum absolute atomic E-state index is 12.2. The summed E-state index contributed by atoms with van der Waals surface area (Å²) in [6, 6.07) is 12.8. The second kappa shape index (κ2) is 6.46. The minimum atomic E-state index is -4.56. The quantitative estimate of drug-likeness (QED) is 0.696. The minimum absolute atomic E-state index is 0.424. The topological polar surface area (TPSA) is 50.7 Å². The summed E-state index contributed by atoms with van der Waals surface area (Å²) in [5.74, 6) is -0.317. The number of nitrogens with zero attached hydrogens (tertiary/aromatic N) is 1. The Labute approximate surface area is 124 Å². The molecule has 7 heteroatoms. The number of hydrazone groups is 1. The van der Waals surface area contributed by atoms with Crippen LogP contribution in [0.4, 0.5) is 13.2 Å². The number of benzene rings is 2. The molecule has 0 bridgehead atoms. The Hall–Kier alpha value is -2.57. The van der Waals surface area contributed by atoms with E-state index in [-0.39, 0.29) is 0 Å². The van der Waals surface area contributed by atoms with Crippen molar-refractivity contribution >= 4 is 22.4 Å². The van der Waals surface area contributed by atoms with E-state index in [1.807, 2.05) is 30.3 Å². The van der Waals surface area contributed by atoms with E-state index in [1.54, 1.807) is 17.6 Å². The third-order valence-electron chi connectivity index (χ3n) is 2.85. The van der Waals surface area contributed by atoms with Gasteiger partial charge in [-0.2, -0.15) is 18.3 Å². The minimum Gasteiger partial charge on any atom is -0.484 e. The average Bonchev–Trinajstić information content (AvgIpc) is 2.49. The first-order valence-electron chi connectivity index (χ1n) is 6.38. The first-order chi connectivity index (χ1) is 10.4. The van der Waals surface area contributed by atoms with Crippen LogP contribution in [0.3, 0.4) is 0 Å². The van der Waals surface area contributed by atoms with Crippen LogP contribution in [0.15, 0.2) is 47.6 Å². The number of alkyl halides is 3. The molecule has 0 heterocycles. The monoisotopic (exact) mass is 310 g/mol. The number of carbonyl (C=O) groups is 1. The van der Waals surface area contributed by atoms with E-state index in [2.05, 4.69) is 5.10 Å². The van der Waals surface area contributed by atoms with Crippen molar-refractivity contribution in [3.05, 3.63) is 42.5 Å². The second-order valence-corrected chi connectivity index (χ2v) is 4.53. The summed E-state index contributed by atoms with van der Waals surface area (Å²) in [7, 11) is 0. The smallest absolute Gasteiger partial charge is 0.430 e. The van der Waals surface area contributed by atoms with Crippen LogP contribution < -0.4 is 10.2 Å². The van der Waals surface area contributed by atoms with Crippen molar-refractivity contribution in [2.24, 2.45) is 5.10 Å². The molecule has 2 rings (SSSR count). The SMILES string of the molecule is C/C(=N\NC(=O)COc1ccc2ccccc2c1)C(F)(F)F. The van der Waals surface area contributed by atoms with Gasteiger partial charge in [-0.1, -0.05) is 30.3 Å². The van der Waals surface area contributed by atoms with Crippen molar-refractivity contribution in [2.45, 2.75) is 13.1 Å². The molecule has 0 radical (unpaired) electrons. The normalized spacial score (nSPS) is 12.3. The fraction of sp³-hybridized carbons (Fsp3) is 0.200. The van der Waals surface area contributed by atoms with Gasteiger partial charge in [-0.15, -0.1) is 0 Å². The molecule has 1 amide bonds. The zero-order chi connectivity index (χ0) is 16.2. The summed E-state index contributed by atoms with van der Waals surface area (Å²) in [6.07, 6.45) is -4.56. The van der Waals surface area contributed by atoms with Gasteiger partial charge in [0.2, 0.25) is 0 Å². The van der Waals surface area contributed by atoms with E-state index in [0.29, 0.717) is 5.75 Å². The Kier molecular flexibility index (Phi) is 4.65. The van der Waals surface area contributed by atoms with Crippen LogP contribution in [0, 0.1) is 0 Å². The Balaban J connectivity index is 1.93. The zero-order valence-electron chi connectivity index (χ0n) is 11.6. The Bertz CT molecular complexity index is 711. The molecule has 0 spiro atoms. The number of fused-ring (bicyclic) bond motifs is 1. The maximum Gasteiger partial charge on any atom is 0.430 e. The molecule has 1 N–H and O–H groups in total. The lowest BCUT2D eigenvalue weighted by Crippen LogP contribution is -2.29. The lowest BCUT2D eigenvalue weighted by atomic mass is 10.1. The summed E-state index contributed by atoms with van der Waals surface area (Å²) in [5.41, 5.74) is 0.668. The molecule has 2 aromatic rings. The Morgan fingerprint density at radius 1 is 1.18 bits per heavy atom. The summed E-state index contributed by atoms with van der Waals surface area (Å²) < 4.78 is 41.8. The number of amides is 1.